The number of hydrogen-bond acceptors (Lipinski definition) is 3. The van der Waals surface area contributed by atoms with E-state index in [1.807, 2.05) is 28.4 Å². The zero-order valence-electron chi connectivity index (χ0n) is 11.6. The lowest BCUT2D eigenvalue weighted by Crippen LogP contribution is -2.36. The Kier molecular flexibility index (Phi) is 3.30. The Bertz CT molecular complexity index is 556. The van der Waals surface area contributed by atoms with Crippen molar-refractivity contribution in [3.8, 4) is 0 Å². The largest absolute Gasteiger partial charge is 0.354 e. The molecule has 1 aliphatic rings. The predicted octanol–water partition coefficient (Wildman–Crippen LogP) is 1.24. The number of aromatic nitrogens is 4. The molecule has 0 spiro atoms. The Morgan fingerprint density at radius 2 is 2.25 bits per heavy atom. The van der Waals surface area contributed by atoms with Gasteiger partial charge in [0, 0.05) is 43.3 Å². The minimum Gasteiger partial charge on any atom is -0.354 e. The van der Waals surface area contributed by atoms with Gasteiger partial charge < -0.3 is 9.88 Å². The fourth-order valence-corrected chi connectivity index (χ4v) is 2.36. The summed E-state index contributed by atoms with van der Waals surface area (Å²) in [5, 5.41) is 7.29. The molecule has 1 fully saturated rings. The zero-order valence-corrected chi connectivity index (χ0v) is 11.6. The summed E-state index contributed by atoms with van der Waals surface area (Å²) in [6.45, 7) is 3.47. The van der Waals surface area contributed by atoms with Crippen molar-refractivity contribution in [1.82, 2.24) is 24.6 Å². The minimum atomic E-state index is -0.224. The van der Waals surface area contributed by atoms with Crippen LogP contribution >= 0.6 is 0 Å². The van der Waals surface area contributed by atoms with Crippen LogP contribution in [-0.2, 0) is 11.3 Å². The van der Waals surface area contributed by atoms with Gasteiger partial charge in [-0.25, -0.2) is 4.98 Å². The van der Waals surface area contributed by atoms with Gasteiger partial charge in [0.1, 0.15) is 6.04 Å². The molecule has 0 saturated heterocycles. The summed E-state index contributed by atoms with van der Waals surface area (Å²) >= 11 is 0. The number of amides is 1. The molecule has 1 atom stereocenters. The molecule has 0 unspecified atom stereocenters. The molecule has 0 aromatic carbocycles. The quantitative estimate of drug-likeness (QED) is 0.861. The summed E-state index contributed by atoms with van der Waals surface area (Å²) in [6.07, 6.45) is 11.2. The third kappa shape index (κ3) is 2.74. The first-order valence-electron chi connectivity index (χ1n) is 6.91. The molecule has 2 aromatic rings. The smallest absolute Gasteiger partial charge is 0.242 e. The molecule has 6 nitrogen and oxygen atoms in total. The molecule has 2 heterocycles. The summed E-state index contributed by atoms with van der Waals surface area (Å²) in [7, 11) is 0. The number of carbonyl (C=O) groups is 1. The summed E-state index contributed by atoms with van der Waals surface area (Å²) in [6, 6.07) is 1.70. The van der Waals surface area contributed by atoms with Crippen LogP contribution in [0.2, 0.25) is 0 Å². The molecule has 1 aliphatic carbocycles. The van der Waals surface area contributed by atoms with Gasteiger partial charge in [-0.05, 0) is 25.8 Å². The van der Waals surface area contributed by atoms with Gasteiger partial charge in [0.15, 0.2) is 0 Å². The van der Waals surface area contributed by atoms with Gasteiger partial charge in [-0.15, -0.1) is 0 Å². The van der Waals surface area contributed by atoms with E-state index in [9.17, 15) is 4.79 Å². The fourth-order valence-electron chi connectivity index (χ4n) is 2.36. The van der Waals surface area contributed by atoms with Crippen molar-refractivity contribution in [3.63, 3.8) is 0 Å². The highest BCUT2D eigenvalue weighted by Gasteiger charge is 2.43. The van der Waals surface area contributed by atoms with Crippen molar-refractivity contribution < 1.29 is 4.79 Å². The van der Waals surface area contributed by atoms with Gasteiger partial charge in [-0.2, -0.15) is 5.10 Å². The molecule has 1 N–H and O–H groups in total. The van der Waals surface area contributed by atoms with Gasteiger partial charge in [-0.3, -0.25) is 9.48 Å². The summed E-state index contributed by atoms with van der Waals surface area (Å²) in [4.78, 5) is 16.1. The SMILES string of the molecule is C[C@@H](C(=O)NCC1(Cn2cccn2)CC1)n1ccnc1. The highest BCUT2D eigenvalue weighted by Crippen LogP contribution is 2.46. The van der Waals surface area contributed by atoms with Crippen LogP contribution in [0.3, 0.4) is 0 Å². The molecular formula is C14H19N5O. The van der Waals surface area contributed by atoms with E-state index in [1.54, 1.807) is 24.9 Å². The van der Waals surface area contributed by atoms with Crippen LogP contribution in [0.1, 0.15) is 25.8 Å². The van der Waals surface area contributed by atoms with Crippen LogP contribution in [0, 0.1) is 5.41 Å². The maximum Gasteiger partial charge on any atom is 0.242 e. The van der Waals surface area contributed by atoms with E-state index in [0.29, 0.717) is 6.54 Å². The minimum absolute atomic E-state index is 0.0368. The van der Waals surface area contributed by atoms with Crippen molar-refractivity contribution in [2.45, 2.75) is 32.4 Å². The maximum atomic E-state index is 12.1. The van der Waals surface area contributed by atoms with Crippen molar-refractivity contribution >= 4 is 5.91 Å². The highest BCUT2D eigenvalue weighted by molar-refractivity contribution is 5.79. The molecule has 2 aromatic heterocycles. The third-order valence-corrected chi connectivity index (χ3v) is 4.00. The molecule has 20 heavy (non-hydrogen) atoms. The molecule has 0 bridgehead atoms. The van der Waals surface area contributed by atoms with Crippen LogP contribution in [0.5, 0.6) is 0 Å². The first-order valence-corrected chi connectivity index (χ1v) is 6.91. The molecule has 1 amide bonds. The number of rotatable bonds is 6. The number of nitrogens with zero attached hydrogens (tertiary/aromatic N) is 4. The molecule has 0 radical (unpaired) electrons. The standard InChI is InChI=1S/C14H19N5O/c1-12(18-8-6-15-11-18)13(20)16-9-14(3-4-14)10-19-7-2-5-17-19/h2,5-8,11-12H,3-4,9-10H2,1H3,(H,16,20)/t12-/m0/s1. The average molecular weight is 273 g/mol. The van der Waals surface area contributed by atoms with Crippen molar-refractivity contribution in [2.75, 3.05) is 6.54 Å². The second-order valence-electron chi connectivity index (χ2n) is 5.61. The predicted molar refractivity (Wildman–Crippen MR) is 73.8 cm³/mol. The average Bonchev–Trinajstić information content (AvgIpc) is 2.91. The van der Waals surface area contributed by atoms with Crippen LogP contribution in [0.25, 0.3) is 0 Å². The van der Waals surface area contributed by atoms with E-state index in [4.69, 9.17) is 0 Å². The maximum absolute atomic E-state index is 12.1. The fraction of sp³-hybridized carbons (Fsp3) is 0.500. The van der Waals surface area contributed by atoms with Crippen LogP contribution in [0.15, 0.2) is 37.2 Å². The Balaban J connectivity index is 1.53. The van der Waals surface area contributed by atoms with Gasteiger partial charge in [0.05, 0.1) is 6.33 Å². The lowest BCUT2D eigenvalue weighted by Gasteiger charge is -2.18. The molecule has 3 rings (SSSR count). The van der Waals surface area contributed by atoms with Gasteiger partial charge >= 0.3 is 0 Å². The molecule has 1 saturated carbocycles. The summed E-state index contributed by atoms with van der Waals surface area (Å²) in [5.74, 6) is 0.0368. The monoisotopic (exact) mass is 273 g/mol. The second-order valence-corrected chi connectivity index (χ2v) is 5.61. The second kappa shape index (κ2) is 5.11. The van der Waals surface area contributed by atoms with Gasteiger partial charge in [0.2, 0.25) is 5.91 Å². The van der Waals surface area contributed by atoms with Gasteiger partial charge in [0.25, 0.3) is 0 Å². The normalized spacial score (nSPS) is 17.6. The van der Waals surface area contributed by atoms with Crippen LogP contribution in [0.4, 0.5) is 0 Å². The zero-order chi connectivity index (χ0) is 14.0. The number of carbonyl (C=O) groups excluding carboxylic acids is 1. The molecular weight excluding hydrogens is 254 g/mol. The third-order valence-electron chi connectivity index (χ3n) is 4.00. The van der Waals surface area contributed by atoms with E-state index < -0.39 is 0 Å². The van der Waals surface area contributed by atoms with Crippen molar-refractivity contribution in [1.29, 1.82) is 0 Å². The Labute approximate surface area is 117 Å². The van der Waals surface area contributed by atoms with E-state index in [1.165, 1.54) is 0 Å². The topological polar surface area (TPSA) is 64.7 Å². The van der Waals surface area contributed by atoms with E-state index in [0.717, 1.165) is 19.4 Å². The Morgan fingerprint density at radius 3 is 2.85 bits per heavy atom. The van der Waals surface area contributed by atoms with Crippen LogP contribution in [-0.4, -0.2) is 31.8 Å². The first-order chi connectivity index (χ1) is 9.69. The first kappa shape index (κ1) is 12.9. The molecule has 6 heteroatoms. The summed E-state index contributed by atoms with van der Waals surface area (Å²) < 4.78 is 3.75. The van der Waals surface area contributed by atoms with Gasteiger partial charge in [-0.1, -0.05) is 0 Å². The van der Waals surface area contributed by atoms with E-state index in [2.05, 4.69) is 15.4 Å². The van der Waals surface area contributed by atoms with E-state index >= 15 is 0 Å². The number of nitrogens with one attached hydrogen (secondary N) is 1. The number of imidazole rings is 1. The summed E-state index contributed by atoms with van der Waals surface area (Å²) in [5.41, 5.74) is 0.191. The molecule has 0 aliphatic heterocycles. The van der Waals surface area contributed by atoms with E-state index in [-0.39, 0.29) is 17.4 Å². The lowest BCUT2D eigenvalue weighted by molar-refractivity contribution is -0.124. The Morgan fingerprint density at radius 1 is 1.40 bits per heavy atom. The highest BCUT2D eigenvalue weighted by atomic mass is 16.2. The number of hydrogen-bond donors (Lipinski definition) is 1. The Hall–Kier alpha value is -2.11. The van der Waals surface area contributed by atoms with Crippen molar-refractivity contribution in [2.24, 2.45) is 5.41 Å². The molecule has 106 valence electrons. The lowest BCUT2D eigenvalue weighted by atomic mass is 10.1. The van der Waals surface area contributed by atoms with Crippen molar-refractivity contribution in [3.05, 3.63) is 37.2 Å². The van der Waals surface area contributed by atoms with Crippen LogP contribution < -0.4 is 5.32 Å².